The predicted octanol–water partition coefficient (Wildman–Crippen LogP) is 1.93. The van der Waals surface area contributed by atoms with E-state index in [-0.39, 0.29) is 43.6 Å². The average molecular weight is 477 g/mol. The van der Waals surface area contributed by atoms with Crippen LogP contribution < -0.4 is 9.47 Å². The highest BCUT2D eigenvalue weighted by Crippen LogP contribution is 2.19. The molecule has 0 bridgehead atoms. The minimum absolute atomic E-state index is 0.171. The molecule has 3 rings (SSSR count). The summed E-state index contributed by atoms with van der Waals surface area (Å²) >= 11 is 0. The molecule has 1 aliphatic heterocycles. The highest BCUT2D eigenvalue weighted by Gasteiger charge is 2.32. The van der Waals surface area contributed by atoms with Crippen LogP contribution in [-0.2, 0) is 24.3 Å². The summed E-state index contributed by atoms with van der Waals surface area (Å²) in [5.41, 5.74) is 0. The van der Waals surface area contributed by atoms with Gasteiger partial charge in [0.25, 0.3) is 5.91 Å². The smallest absolute Gasteiger partial charge is 0.344 e. The number of rotatable bonds is 9. The van der Waals surface area contributed by atoms with Crippen molar-refractivity contribution >= 4 is 21.9 Å². The fraction of sp³-hybridized carbons (Fsp3) is 0.391. The number of piperazine rings is 1. The average Bonchev–Trinajstić information content (AvgIpc) is 2.84. The topological polar surface area (TPSA) is 102 Å². The predicted molar refractivity (Wildman–Crippen MR) is 120 cm³/mol. The van der Waals surface area contributed by atoms with Crippen molar-refractivity contribution in [3.8, 4) is 11.5 Å². The van der Waals surface area contributed by atoms with Gasteiger partial charge < -0.3 is 19.1 Å². The summed E-state index contributed by atoms with van der Waals surface area (Å²) in [6, 6.07) is 15.0. The lowest BCUT2D eigenvalue weighted by atomic mass is 10.3. The molecule has 1 aliphatic rings. The lowest BCUT2D eigenvalue weighted by Crippen LogP contribution is -2.53. The van der Waals surface area contributed by atoms with Gasteiger partial charge in [-0.05, 0) is 50.2 Å². The van der Waals surface area contributed by atoms with E-state index in [1.165, 1.54) is 16.1 Å². The number of carbonyl (C=O) groups excluding carboxylic acids is 2. The van der Waals surface area contributed by atoms with Gasteiger partial charge >= 0.3 is 5.97 Å². The normalized spacial score (nSPS) is 15.5. The number of amides is 1. The standard InChI is InChI=1S/C23H28N2O7S/c1-3-30-19-9-11-20(12-10-19)31-17-22(26)32-18(2)23(27)24-13-15-25(16-14-24)33(28,29)21-7-5-4-6-8-21/h4-12,18H,3,13-17H2,1-2H3. The van der Waals surface area contributed by atoms with Crippen molar-refractivity contribution in [2.45, 2.75) is 24.8 Å². The molecule has 33 heavy (non-hydrogen) atoms. The first kappa shape index (κ1) is 24.5. The Labute approximate surface area is 193 Å². The summed E-state index contributed by atoms with van der Waals surface area (Å²) in [6.07, 6.45) is -1.00. The molecule has 1 amide bonds. The summed E-state index contributed by atoms with van der Waals surface area (Å²) < 4.78 is 42.7. The van der Waals surface area contributed by atoms with Gasteiger partial charge in [0.15, 0.2) is 12.7 Å². The van der Waals surface area contributed by atoms with Gasteiger partial charge in [0, 0.05) is 26.2 Å². The van der Waals surface area contributed by atoms with Crippen LogP contribution in [0, 0.1) is 0 Å². The SMILES string of the molecule is CCOc1ccc(OCC(=O)OC(C)C(=O)N2CCN(S(=O)(=O)c3ccccc3)CC2)cc1. The zero-order chi connectivity index (χ0) is 23.8. The molecule has 1 fully saturated rings. The Hall–Kier alpha value is -3.11. The van der Waals surface area contributed by atoms with Gasteiger partial charge in [0.05, 0.1) is 11.5 Å². The van der Waals surface area contributed by atoms with Crippen molar-refractivity contribution in [2.24, 2.45) is 0 Å². The Kier molecular flexibility index (Phi) is 8.29. The Morgan fingerprint density at radius 2 is 1.48 bits per heavy atom. The Bertz CT molecular complexity index is 1030. The van der Waals surface area contributed by atoms with Crippen LogP contribution in [0.15, 0.2) is 59.5 Å². The van der Waals surface area contributed by atoms with Crippen LogP contribution in [-0.4, -0.2) is 75.0 Å². The molecule has 0 saturated carbocycles. The fourth-order valence-electron chi connectivity index (χ4n) is 3.37. The lowest BCUT2D eigenvalue weighted by molar-refractivity contribution is -0.161. The van der Waals surface area contributed by atoms with E-state index in [1.807, 2.05) is 6.92 Å². The Morgan fingerprint density at radius 3 is 2.06 bits per heavy atom. The van der Waals surface area contributed by atoms with E-state index >= 15 is 0 Å². The van der Waals surface area contributed by atoms with Gasteiger partial charge in [0.2, 0.25) is 10.0 Å². The van der Waals surface area contributed by atoms with Crippen LogP contribution in [0.25, 0.3) is 0 Å². The molecule has 0 radical (unpaired) electrons. The summed E-state index contributed by atoms with van der Waals surface area (Å²) in [5.74, 6) is 0.129. The van der Waals surface area contributed by atoms with Gasteiger partial charge in [0.1, 0.15) is 11.5 Å². The Morgan fingerprint density at radius 1 is 0.909 bits per heavy atom. The molecule has 0 aliphatic carbocycles. The minimum atomic E-state index is -3.60. The van der Waals surface area contributed by atoms with Gasteiger partial charge in [-0.25, -0.2) is 13.2 Å². The van der Waals surface area contributed by atoms with E-state index < -0.39 is 22.1 Å². The van der Waals surface area contributed by atoms with Crippen LogP contribution in [0.4, 0.5) is 0 Å². The van der Waals surface area contributed by atoms with E-state index in [1.54, 1.807) is 54.6 Å². The monoisotopic (exact) mass is 476 g/mol. The van der Waals surface area contributed by atoms with Crippen LogP contribution in [0.5, 0.6) is 11.5 Å². The molecular weight excluding hydrogens is 448 g/mol. The molecule has 2 aromatic carbocycles. The van der Waals surface area contributed by atoms with Crippen LogP contribution >= 0.6 is 0 Å². The van der Waals surface area contributed by atoms with E-state index in [0.717, 1.165) is 0 Å². The quantitative estimate of drug-likeness (QED) is 0.510. The number of hydrogen-bond donors (Lipinski definition) is 0. The van der Waals surface area contributed by atoms with E-state index in [4.69, 9.17) is 14.2 Å². The van der Waals surface area contributed by atoms with Crippen molar-refractivity contribution in [1.82, 2.24) is 9.21 Å². The number of carbonyl (C=O) groups is 2. The molecule has 2 aromatic rings. The van der Waals surface area contributed by atoms with Crippen LogP contribution in [0.3, 0.4) is 0 Å². The van der Waals surface area contributed by atoms with Crippen molar-refractivity contribution in [3.05, 3.63) is 54.6 Å². The molecule has 0 aromatic heterocycles. The van der Waals surface area contributed by atoms with Gasteiger partial charge in [-0.1, -0.05) is 18.2 Å². The van der Waals surface area contributed by atoms with Crippen molar-refractivity contribution in [1.29, 1.82) is 0 Å². The molecular formula is C23H28N2O7S. The van der Waals surface area contributed by atoms with Gasteiger partial charge in [-0.2, -0.15) is 4.31 Å². The van der Waals surface area contributed by atoms with E-state index in [9.17, 15) is 18.0 Å². The molecule has 1 saturated heterocycles. The maximum atomic E-state index is 12.7. The third kappa shape index (κ3) is 6.45. The third-order valence-corrected chi connectivity index (χ3v) is 6.99. The molecule has 9 nitrogen and oxygen atoms in total. The first-order valence-electron chi connectivity index (χ1n) is 10.7. The third-order valence-electron chi connectivity index (χ3n) is 5.08. The number of ether oxygens (including phenoxy) is 3. The number of esters is 1. The zero-order valence-corrected chi connectivity index (χ0v) is 19.5. The maximum absolute atomic E-state index is 12.7. The number of sulfonamides is 1. The van der Waals surface area contributed by atoms with Crippen LogP contribution in [0.2, 0.25) is 0 Å². The summed E-state index contributed by atoms with van der Waals surface area (Å²) in [5, 5.41) is 0. The minimum Gasteiger partial charge on any atom is -0.494 e. The molecule has 178 valence electrons. The highest BCUT2D eigenvalue weighted by atomic mass is 32.2. The second-order valence-electron chi connectivity index (χ2n) is 7.37. The second kappa shape index (κ2) is 11.2. The Balaban J connectivity index is 1.45. The lowest BCUT2D eigenvalue weighted by Gasteiger charge is -2.35. The van der Waals surface area contributed by atoms with Crippen molar-refractivity contribution in [3.63, 3.8) is 0 Å². The largest absolute Gasteiger partial charge is 0.494 e. The van der Waals surface area contributed by atoms with Crippen molar-refractivity contribution < 1.29 is 32.2 Å². The first-order valence-corrected chi connectivity index (χ1v) is 12.1. The molecule has 10 heteroatoms. The number of benzene rings is 2. The van der Waals surface area contributed by atoms with E-state index in [0.29, 0.717) is 18.1 Å². The molecule has 1 unspecified atom stereocenters. The zero-order valence-electron chi connectivity index (χ0n) is 18.7. The van der Waals surface area contributed by atoms with E-state index in [2.05, 4.69) is 0 Å². The summed E-state index contributed by atoms with van der Waals surface area (Å²) in [7, 11) is -3.60. The molecule has 1 heterocycles. The highest BCUT2D eigenvalue weighted by molar-refractivity contribution is 7.89. The number of hydrogen-bond acceptors (Lipinski definition) is 7. The second-order valence-corrected chi connectivity index (χ2v) is 9.31. The summed E-state index contributed by atoms with van der Waals surface area (Å²) in [6.45, 7) is 4.37. The van der Waals surface area contributed by atoms with Gasteiger partial charge in [-0.15, -0.1) is 0 Å². The van der Waals surface area contributed by atoms with Crippen LogP contribution in [0.1, 0.15) is 13.8 Å². The fourth-order valence-corrected chi connectivity index (χ4v) is 4.81. The molecule has 1 atom stereocenters. The van der Waals surface area contributed by atoms with Gasteiger partial charge in [-0.3, -0.25) is 4.79 Å². The number of nitrogens with zero attached hydrogens (tertiary/aromatic N) is 2. The maximum Gasteiger partial charge on any atom is 0.344 e. The molecule has 0 spiro atoms. The summed E-state index contributed by atoms with van der Waals surface area (Å²) in [4.78, 5) is 26.5. The molecule has 0 N–H and O–H groups in total. The van der Waals surface area contributed by atoms with Crippen molar-refractivity contribution in [2.75, 3.05) is 39.4 Å². The first-order chi connectivity index (χ1) is 15.8.